The zero-order valence-electron chi connectivity index (χ0n) is 17.4. The molecule has 3 N–H and O–H groups in total. The Morgan fingerprint density at radius 3 is 2.55 bits per heavy atom. The first-order valence-electron chi connectivity index (χ1n) is 10.3. The van der Waals surface area contributed by atoms with E-state index >= 15 is 0 Å². The number of carboxylic acid groups (broad SMARTS) is 1. The lowest BCUT2D eigenvalue weighted by atomic mass is 9.97. The molecule has 0 fully saturated rings. The van der Waals surface area contributed by atoms with E-state index in [2.05, 4.69) is 21.4 Å². The smallest absolute Gasteiger partial charge is 0.335 e. The number of hydrogen-bond acceptors (Lipinski definition) is 4. The minimum absolute atomic E-state index is 0.230. The van der Waals surface area contributed by atoms with Crippen molar-refractivity contribution in [2.45, 2.75) is 0 Å². The second-order valence-electron chi connectivity index (χ2n) is 7.59. The highest BCUT2D eigenvalue weighted by atomic mass is 16.4. The third-order valence-electron chi connectivity index (χ3n) is 5.51. The lowest BCUT2D eigenvalue weighted by molar-refractivity contribution is 0.0697. The van der Waals surface area contributed by atoms with Crippen LogP contribution in [0.15, 0.2) is 91.4 Å². The van der Waals surface area contributed by atoms with Crippen LogP contribution in [0.3, 0.4) is 0 Å². The first-order chi connectivity index (χ1) is 16.1. The van der Waals surface area contributed by atoms with Gasteiger partial charge in [0.05, 0.1) is 16.8 Å². The van der Waals surface area contributed by atoms with Crippen molar-refractivity contribution in [1.82, 2.24) is 9.97 Å². The summed E-state index contributed by atoms with van der Waals surface area (Å²) in [4.78, 5) is 18.8. The van der Waals surface area contributed by atoms with Gasteiger partial charge in [-0.15, -0.1) is 0 Å². The molecular weight excluding hydrogens is 412 g/mol. The Balaban J connectivity index is 1.59. The van der Waals surface area contributed by atoms with Crippen molar-refractivity contribution in [2.75, 3.05) is 5.32 Å². The lowest BCUT2D eigenvalue weighted by Gasteiger charge is -2.15. The average molecular weight is 430 g/mol. The Labute approximate surface area is 189 Å². The summed E-state index contributed by atoms with van der Waals surface area (Å²) in [5.41, 5.74) is 6.53. The van der Waals surface area contributed by atoms with Crippen LogP contribution in [0.1, 0.15) is 15.9 Å². The molecule has 0 unspecified atom stereocenters. The number of fused-ring (bicyclic) bond motifs is 1. The van der Waals surface area contributed by atoms with Gasteiger partial charge in [0.15, 0.2) is 0 Å². The van der Waals surface area contributed by atoms with Crippen molar-refractivity contribution in [3.63, 3.8) is 0 Å². The normalized spacial score (nSPS) is 10.6. The van der Waals surface area contributed by atoms with Crippen molar-refractivity contribution in [3.05, 3.63) is 103 Å². The molecule has 5 rings (SSSR count). The van der Waals surface area contributed by atoms with Gasteiger partial charge in [-0.25, -0.2) is 4.79 Å². The Morgan fingerprint density at radius 2 is 1.73 bits per heavy atom. The number of aromatic nitrogens is 2. The molecule has 0 amide bonds. The van der Waals surface area contributed by atoms with E-state index in [1.165, 1.54) is 0 Å². The summed E-state index contributed by atoms with van der Waals surface area (Å²) in [7, 11) is 0. The molecule has 3 aromatic carbocycles. The number of carbonyl (C=O) groups is 1. The Kier molecular flexibility index (Phi) is 5.06. The fourth-order valence-electron chi connectivity index (χ4n) is 3.87. The summed E-state index contributed by atoms with van der Waals surface area (Å²) >= 11 is 0. The maximum absolute atomic E-state index is 11.4. The maximum Gasteiger partial charge on any atom is 0.335 e. The van der Waals surface area contributed by atoms with Crippen molar-refractivity contribution < 1.29 is 9.90 Å². The van der Waals surface area contributed by atoms with Crippen LogP contribution in [0.4, 0.5) is 11.4 Å². The molecule has 0 aliphatic carbocycles. The van der Waals surface area contributed by atoms with E-state index in [9.17, 15) is 15.2 Å². The van der Waals surface area contributed by atoms with Gasteiger partial charge in [-0.05, 0) is 59.2 Å². The molecule has 0 saturated carbocycles. The van der Waals surface area contributed by atoms with Crippen molar-refractivity contribution in [1.29, 1.82) is 5.26 Å². The van der Waals surface area contributed by atoms with Crippen molar-refractivity contribution >= 4 is 28.2 Å². The molecule has 6 nitrogen and oxygen atoms in total. The number of H-pyrrole nitrogens is 1. The molecule has 6 heteroatoms. The second kappa shape index (κ2) is 8.33. The second-order valence-corrected chi connectivity index (χ2v) is 7.59. The molecular formula is C27H18N4O2. The van der Waals surface area contributed by atoms with Gasteiger partial charge < -0.3 is 15.4 Å². The fourth-order valence-corrected chi connectivity index (χ4v) is 3.87. The largest absolute Gasteiger partial charge is 0.478 e. The minimum atomic E-state index is -0.968. The number of aromatic amines is 1. The van der Waals surface area contributed by atoms with Crippen LogP contribution < -0.4 is 5.32 Å². The van der Waals surface area contributed by atoms with Gasteiger partial charge in [-0.3, -0.25) is 4.98 Å². The molecule has 0 saturated heterocycles. The number of pyridine rings is 1. The quantitative estimate of drug-likeness (QED) is 0.308. The van der Waals surface area contributed by atoms with Gasteiger partial charge in [0.25, 0.3) is 0 Å². The highest BCUT2D eigenvalue weighted by Crippen LogP contribution is 2.35. The topological polar surface area (TPSA) is 102 Å². The summed E-state index contributed by atoms with van der Waals surface area (Å²) in [5, 5.41) is 23.5. The number of carboxylic acids is 1. The Morgan fingerprint density at radius 1 is 0.939 bits per heavy atom. The molecule has 158 valence electrons. The highest BCUT2D eigenvalue weighted by molar-refractivity contribution is 5.91. The van der Waals surface area contributed by atoms with Gasteiger partial charge in [0.2, 0.25) is 0 Å². The van der Waals surface area contributed by atoms with Gasteiger partial charge in [0.1, 0.15) is 6.07 Å². The molecule has 0 bridgehead atoms. The monoisotopic (exact) mass is 430 g/mol. The molecule has 2 heterocycles. The van der Waals surface area contributed by atoms with Crippen LogP contribution in [-0.4, -0.2) is 21.0 Å². The summed E-state index contributed by atoms with van der Waals surface area (Å²) in [6.07, 6.45) is 5.16. The van der Waals surface area contributed by atoms with Crippen LogP contribution in [-0.2, 0) is 0 Å². The number of nitrogens with one attached hydrogen (secondary N) is 2. The number of nitriles is 1. The van der Waals surface area contributed by atoms with Gasteiger partial charge in [0, 0.05) is 40.7 Å². The van der Waals surface area contributed by atoms with E-state index in [0.29, 0.717) is 11.3 Å². The zero-order chi connectivity index (χ0) is 22.8. The number of hydrogen-bond donors (Lipinski definition) is 3. The summed E-state index contributed by atoms with van der Waals surface area (Å²) in [5.74, 6) is -0.968. The van der Waals surface area contributed by atoms with Crippen molar-refractivity contribution in [2.24, 2.45) is 0 Å². The first-order valence-corrected chi connectivity index (χ1v) is 10.3. The number of rotatable bonds is 5. The van der Waals surface area contributed by atoms with E-state index in [1.807, 2.05) is 60.8 Å². The molecule has 0 radical (unpaired) electrons. The number of anilines is 2. The van der Waals surface area contributed by atoms with E-state index in [-0.39, 0.29) is 5.56 Å². The van der Waals surface area contributed by atoms with E-state index in [4.69, 9.17) is 0 Å². The highest BCUT2D eigenvalue weighted by Gasteiger charge is 2.13. The zero-order valence-corrected chi connectivity index (χ0v) is 17.4. The van der Waals surface area contributed by atoms with E-state index in [1.54, 1.807) is 30.6 Å². The number of benzene rings is 3. The molecule has 5 aromatic rings. The van der Waals surface area contributed by atoms with Crippen LogP contribution in [0, 0.1) is 11.3 Å². The summed E-state index contributed by atoms with van der Waals surface area (Å²) in [6.45, 7) is 0. The molecule has 2 aromatic heterocycles. The Hall–Kier alpha value is -4.89. The minimum Gasteiger partial charge on any atom is -0.478 e. The van der Waals surface area contributed by atoms with Crippen molar-refractivity contribution in [3.8, 4) is 28.3 Å². The maximum atomic E-state index is 11.4. The first kappa shape index (κ1) is 20.0. The van der Waals surface area contributed by atoms with E-state index in [0.717, 1.165) is 38.8 Å². The molecule has 0 aliphatic heterocycles. The molecule has 33 heavy (non-hydrogen) atoms. The summed E-state index contributed by atoms with van der Waals surface area (Å²) in [6, 6.07) is 24.8. The van der Waals surface area contributed by atoms with E-state index < -0.39 is 5.97 Å². The van der Waals surface area contributed by atoms with Crippen LogP contribution in [0.25, 0.3) is 33.2 Å². The third-order valence-corrected chi connectivity index (χ3v) is 5.51. The average Bonchev–Trinajstić information content (AvgIpc) is 3.32. The van der Waals surface area contributed by atoms with Gasteiger partial charge in [-0.2, -0.15) is 5.26 Å². The number of nitrogens with zero attached hydrogens (tertiary/aromatic N) is 2. The molecule has 0 atom stereocenters. The lowest BCUT2D eigenvalue weighted by Crippen LogP contribution is -1.98. The fraction of sp³-hybridized carbons (Fsp3) is 0. The molecule has 0 aliphatic rings. The molecule has 0 spiro atoms. The summed E-state index contributed by atoms with van der Waals surface area (Å²) < 4.78 is 0. The van der Waals surface area contributed by atoms with Gasteiger partial charge in [-0.1, -0.05) is 30.3 Å². The van der Waals surface area contributed by atoms with Crippen LogP contribution in [0.5, 0.6) is 0 Å². The standard InChI is InChI=1S/C27H18N4O2/c28-14-22-15-29-16-24(26(22)31-23-7-8-25-20(13-23)9-10-30-25)19-5-1-3-17(11-19)18-4-2-6-21(12-18)27(32)33/h1-13,15-16,30H,(H,29,31)(H,32,33). The van der Waals surface area contributed by atoms with Crippen LogP contribution >= 0.6 is 0 Å². The SMILES string of the molecule is N#Cc1cncc(-c2cccc(-c3cccc(C(=O)O)c3)c2)c1Nc1ccc2[nH]ccc2c1. The predicted octanol–water partition coefficient (Wildman–Crippen LogP) is 6.21. The van der Waals surface area contributed by atoms with Gasteiger partial charge >= 0.3 is 5.97 Å². The Bertz CT molecular complexity index is 1550. The predicted molar refractivity (Wildman–Crippen MR) is 128 cm³/mol. The number of aromatic carboxylic acids is 1. The third kappa shape index (κ3) is 3.91. The van der Waals surface area contributed by atoms with Crippen LogP contribution in [0.2, 0.25) is 0 Å².